The van der Waals surface area contributed by atoms with Crippen LogP contribution in [0.3, 0.4) is 0 Å². The summed E-state index contributed by atoms with van der Waals surface area (Å²) in [5, 5.41) is 2.89. The Hall–Kier alpha value is -2.95. The van der Waals surface area contributed by atoms with Gasteiger partial charge >= 0.3 is 5.97 Å². The molecule has 2 fully saturated rings. The second-order valence-corrected chi connectivity index (χ2v) is 7.50. The number of cyclic esters (lactones) is 1. The van der Waals surface area contributed by atoms with Crippen molar-refractivity contribution in [3.05, 3.63) is 77.6 Å². The maximum Gasteiger partial charge on any atom is 0.313 e. The average Bonchev–Trinajstić information content (AvgIpc) is 3.15. The summed E-state index contributed by atoms with van der Waals surface area (Å²) >= 11 is 0. The summed E-state index contributed by atoms with van der Waals surface area (Å²) in [5.74, 6) is -0.0136. The number of pyridine rings is 1. The Bertz CT molecular complexity index is 876. The van der Waals surface area contributed by atoms with Gasteiger partial charge in [0.15, 0.2) is 0 Å². The first-order valence-corrected chi connectivity index (χ1v) is 9.17. The summed E-state index contributed by atoms with van der Waals surface area (Å²) in [4.78, 5) is 28.8. The number of carbonyl (C=O) groups excluding carboxylic acids is 2. The fourth-order valence-corrected chi connectivity index (χ4v) is 4.19. The lowest BCUT2D eigenvalue weighted by atomic mass is 9.75. The lowest BCUT2D eigenvalue weighted by molar-refractivity contribution is -0.146. The van der Waals surface area contributed by atoms with Crippen LogP contribution in [0.2, 0.25) is 0 Å². The number of allylic oxidation sites excluding steroid dienone is 1. The number of benzene rings is 1. The molecular weight excluding hydrogens is 340 g/mol. The number of carbonyl (C=O) groups is 2. The molecule has 2 aromatic rings. The van der Waals surface area contributed by atoms with Crippen molar-refractivity contribution in [3.63, 3.8) is 0 Å². The molecule has 0 spiro atoms. The van der Waals surface area contributed by atoms with Crippen molar-refractivity contribution < 1.29 is 14.3 Å². The van der Waals surface area contributed by atoms with Gasteiger partial charge in [-0.2, -0.15) is 0 Å². The van der Waals surface area contributed by atoms with Crippen molar-refractivity contribution in [1.29, 1.82) is 0 Å². The predicted molar refractivity (Wildman–Crippen MR) is 101 cm³/mol. The second kappa shape index (κ2) is 6.99. The number of ether oxygens (including phenoxy) is 1. The highest BCUT2D eigenvalue weighted by molar-refractivity contribution is 5.94. The Kier molecular flexibility index (Phi) is 4.52. The van der Waals surface area contributed by atoms with Gasteiger partial charge in [-0.05, 0) is 48.6 Å². The van der Waals surface area contributed by atoms with Crippen LogP contribution in [-0.4, -0.2) is 23.5 Å². The molecule has 1 aliphatic carbocycles. The number of amides is 1. The monoisotopic (exact) mass is 362 g/mol. The van der Waals surface area contributed by atoms with Gasteiger partial charge in [0.25, 0.3) is 5.91 Å². The van der Waals surface area contributed by atoms with Crippen LogP contribution in [0.4, 0.5) is 0 Å². The molecule has 0 bridgehead atoms. The van der Waals surface area contributed by atoms with E-state index >= 15 is 0 Å². The highest BCUT2D eigenvalue weighted by Gasteiger charge is 2.55. The van der Waals surface area contributed by atoms with Crippen molar-refractivity contribution in [2.45, 2.75) is 25.8 Å². The number of rotatable bonds is 5. The molecule has 1 aromatic heterocycles. The van der Waals surface area contributed by atoms with E-state index in [0.29, 0.717) is 31.6 Å². The highest BCUT2D eigenvalue weighted by Crippen LogP contribution is 2.52. The Morgan fingerprint density at radius 3 is 2.81 bits per heavy atom. The van der Waals surface area contributed by atoms with E-state index in [0.717, 1.165) is 23.1 Å². The second-order valence-electron chi connectivity index (χ2n) is 7.50. The number of nitrogens with zero attached hydrogens (tertiary/aromatic N) is 1. The number of hydrogen-bond donors (Lipinski definition) is 1. The lowest BCUT2D eigenvalue weighted by Crippen LogP contribution is -2.31. The van der Waals surface area contributed by atoms with Crippen molar-refractivity contribution >= 4 is 11.9 Å². The number of esters is 1. The molecule has 5 heteroatoms. The number of hydrogen-bond acceptors (Lipinski definition) is 4. The lowest BCUT2D eigenvalue weighted by Gasteiger charge is -2.24. The molecule has 1 saturated carbocycles. The largest absolute Gasteiger partial charge is 0.465 e. The molecule has 27 heavy (non-hydrogen) atoms. The normalized spacial score (nSPS) is 23.8. The van der Waals surface area contributed by atoms with Gasteiger partial charge in [0, 0.05) is 30.4 Å². The fraction of sp³-hybridized carbons (Fsp3) is 0.318. The standard InChI is InChI=1S/C22H22N2O3/c1-15-9-19-14-27-21(26)22(19,10-15)11-16-4-6-18(7-5-16)20(25)24-13-17-3-2-8-23-12-17/h2-8,12,19H,1,9-11,13-14H2,(H,24,25)/t19-,22+/m1/s1. The van der Waals surface area contributed by atoms with E-state index in [1.165, 1.54) is 0 Å². The van der Waals surface area contributed by atoms with Gasteiger partial charge < -0.3 is 10.1 Å². The summed E-state index contributed by atoms with van der Waals surface area (Å²) in [6.45, 7) is 5.01. The first-order chi connectivity index (χ1) is 13.1. The summed E-state index contributed by atoms with van der Waals surface area (Å²) in [7, 11) is 0. The topological polar surface area (TPSA) is 68.3 Å². The quantitative estimate of drug-likeness (QED) is 0.656. The van der Waals surface area contributed by atoms with Crippen LogP contribution in [0, 0.1) is 11.3 Å². The van der Waals surface area contributed by atoms with E-state index in [1.807, 2.05) is 36.4 Å². The molecule has 1 aromatic carbocycles. The van der Waals surface area contributed by atoms with Gasteiger partial charge in [0.05, 0.1) is 12.0 Å². The van der Waals surface area contributed by atoms with Gasteiger partial charge in [-0.3, -0.25) is 14.6 Å². The van der Waals surface area contributed by atoms with E-state index in [9.17, 15) is 9.59 Å². The summed E-state index contributed by atoms with van der Waals surface area (Å²) in [5.41, 5.74) is 3.25. The highest BCUT2D eigenvalue weighted by atomic mass is 16.5. The van der Waals surface area contributed by atoms with Crippen LogP contribution < -0.4 is 5.32 Å². The zero-order valence-corrected chi connectivity index (χ0v) is 15.1. The zero-order valence-electron chi connectivity index (χ0n) is 15.1. The number of nitrogens with one attached hydrogen (secondary N) is 1. The van der Waals surface area contributed by atoms with Crippen molar-refractivity contribution in [3.8, 4) is 0 Å². The minimum absolute atomic E-state index is 0.107. The molecule has 2 atom stereocenters. The van der Waals surface area contributed by atoms with Crippen LogP contribution in [0.5, 0.6) is 0 Å². The van der Waals surface area contributed by atoms with Crippen LogP contribution in [-0.2, 0) is 22.5 Å². The number of fused-ring (bicyclic) bond motifs is 1. The maximum atomic E-state index is 12.4. The Morgan fingerprint density at radius 1 is 1.26 bits per heavy atom. The molecule has 138 valence electrons. The molecule has 2 aliphatic rings. The maximum absolute atomic E-state index is 12.4. The third-order valence-electron chi connectivity index (χ3n) is 5.62. The van der Waals surface area contributed by atoms with Crippen molar-refractivity contribution in [2.24, 2.45) is 11.3 Å². The van der Waals surface area contributed by atoms with Gasteiger partial charge in [-0.15, -0.1) is 0 Å². The molecule has 1 aliphatic heterocycles. The zero-order chi connectivity index (χ0) is 18.9. The molecule has 0 radical (unpaired) electrons. The van der Waals surface area contributed by atoms with Crippen LogP contribution in [0.15, 0.2) is 60.9 Å². The Labute approximate surface area is 158 Å². The smallest absolute Gasteiger partial charge is 0.313 e. The van der Waals surface area contributed by atoms with E-state index in [1.54, 1.807) is 12.4 Å². The molecule has 2 heterocycles. The summed E-state index contributed by atoms with van der Waals surface area (Å²) in [6.07, 6.45) is 5.63. The minimum atomic E-state index is -0.471. The minimum Gasteiger partial charge on any atom is -0.465 e. The predicted octanol–water partition coefficient (Wildman–Crippen LogP) is 3.06. The summed E-state index contributed by atoms with van der Waals surface area (Å²) < 4.78 is 5.33. The van der Waals surface area contributed by atoms with Gasteiger partial charge in [0.1, 0.15) is 0 Å². The van der Waals surface area contributed by atoms with Crippen LogP contribution >= 0.6 is 0 Å². The molecule has 0 unspecified atom stereocenters. The molecular formula is C22H22N2O3. The first-order valence-electron chi connectivity index (χ1n) is 9.17. The number of aromatic nitrogens is 1. The van der Waals surface area contributed by atoms with E-state index in [-0.39, 0.29) is 17.8 Å². The van der Waals surface area contributed by atoms with E-state index in [4.69, 9.17) is 4.74 Å². The van der Waals surface area contributed by atoms with Crippen LogP contribution in [0.25, 0.3) is 0 Å². The van der Waals surface area contributed by atoms with Crippen molar-refractivity contribution in [2.75, 3.05) is 6.61 Å². The third-order valence-corrected chi connectivity index (χ3v) is 5.62. The SMILES string of the molecule is C=C1C[C@@H]2COC(=O)[C@]2(Cc2ccc(C(=O)NCc3cccnc3)cc2)C1. The molecule has 4 rings (SSSR count). The Morgan fingerprint density at radius 2 is 2.07 bits per heavy atom. The van der Waals surface area contributed by atoms with Crippen molar-refractivity contribution in [1.82, 2.24) is 10.3 Å². The molecule has 5 nitrogen and oxygen atoms in total. The third kappa shape index (κ3) is 3.37. The molecule has 1 saturated heterocycles. The van der Waals surface area contributed by atoms with Gasteiger partial charge in [-0.1, -0.05) is 30.4 Å². The fourth-order valence-electron chi connectivity index (χ4n) is 4.19. The van der Waals surface area contributed by atoms with Gasteiger partial charge in [0.2, 0.25) is 0 Å². The Balaban J connectivity index is 1.42. The molecule has 1 amide bonds. The average molecular weight is 362 g/mol. The van der Waals surface area contributed by atoms with Crippen LogP contribution in [0.1, 0.15) is 34.3 Å². The summed E-state index contributed by atoms with van der Waals surface area (Å²) in [6, 6.07) is 11.2. The van der Waals surface area contributed by atoms with E-state index < -0.39 is 5.41 Å². The van der Waals surface area contributed by atoms with E-state index in [2.05, 4.69) is 16.9 Å². The van der Waals surface area contributed by atoms with Gasteiger partial charge in [-0.25, -0.2) is 0 Å². The first kappa shape index (κ1) is 17.5. The molecule has 1 N–H and O–H groups in total.